The zero-order chi connectivity index (χ0) is 10.7. The number of carboxylic acids is 1. The standard InChI is InChI=1S/C10H19NO3/c1-7(12)5-6-11(2)9(10(13)14)8-3-4-8/h7-9,12H,3-6H2,1-2H3,(H,13,14). The molecule has 0 spiro atoms. The number of carbonyl (C=O) groups is 1. The number of rotatable bonds is 6. The SMILES string of the molecule is CC(O)CCN(C)C(C(=O)O)C1CC1. The van der Waals surface area contributed by atoms with E-state index in [2.05, 4.69) is 0 Å². The molecule has 1 aliphatic carbocycles. The summed E-state index contributed by atoms with van der Waals surface area (Å²) in [5, 5.41) is 18.1. The molecule has 1 rings (SSSR count). The summed E-state index contributed by atoms with van der Waals surface area (Å²) in [6.07, 6.45) is 2.32. The highest BCUT2D eigenvalue weighted by Crippen LogP contribution is 2.35. The minimum Gasteiger partial charge on any atom is -0.480 e. The van der Waals surface area contributed by atoms with Gasteiger partial charge < -0.3 is 10.2 Å². The van der Waals surface area contributed by atoms with E-state index in [-0.39, 0.29) is 12.1 Å². The van der Waals surface area contributed by atoms with Crippen LogP contribution in [0.2, 0.25) is 0 Å². The van der Waals surface area contributed by atoms with Crippen LogP contribution in [0.25, 0.3) is 0 Å². The average molecular weight is 201 g/mol. The Kier molecular flexibility index (Phi) is 3.89. The third kappa shape index (κ3) is 3.27. The molecule has 4 nitrogen and oxygen atoms in total. The number of hydrogen-bond acceptors (Lipinski definition) is 3. The molecule has 0 aliphatic heterocycles. The van der Waals surface area contributed by atoms with E-state index in [1.807, 2.05) is 11.9 Å². The van der Waals surface area contributed by atoms with Gasteiger partial charge in [-0.1, -0.05) is 0 Å². The maximum Gasteiger partial charge on any atom is 0.321 e. The predicted molar refractivity (Wildman–Crippen MR) is 53.1 cm³/mol. The van der Waals surface area contributed by atoms with Crippen LogP contribution in [0, 0.1) is 5.92 Å². The number of aliphatic carboxylic acids is 1. The van der Waals surface area contributed by atoms with Crippen molar-refractivity contribution in [1.82, 2.24) is 4.90 Å². The predicted octanol–water partition coefficient (Wildman–Crippen LogP) is 0.552. The lowest BCUT2D eigenvalue weighted by molar-refractivity contribution is -0.143. The summed E-state index contributed by atoms with van der Waals surface area (Å²) in [7, 11) is 1.82. The highest BCUT2D eigenvalue weighted by molar-refractivity contribution is 5.74. The van der Waals surface area contributed by atoms with E-state index in [0.29, 0.717) is 18.9 Å². The minimum atomic E-state index is -0.736. The molecule has 0 heterocycles. The third-order valence-corrected chi connectivity index (χ3v) is 2.70. The van der Waals surface area contributed by atoms with Crippen LogP contribution in [0.4, 0.5) is 0 Å². The van der Waals surface area contributed by atoms with Gasteiger partial charge in [0.25, 0.3) is 0 Å². The highest BCUT2D eigenvalue weighted by Gasteiger charge is 2.38. The lowest BCUT2D eigenvalue weighted by Crippen LogP contribution is -2.41. The van der Waals surface area contributed by atoms with Gasteiger partial charge in [-0.25, -0.2) is 0 Å². The Hall–Kier alpha value is -0.610. The number of carboxylic acid groups (broad SMARTS) is 1. The molecule has 1 aliphatic rings. The van der Waals surface area contributed by atoms with E-state index >= 15 is 0 Å². The van der Waals surface area contributed by atoms with Crippen LogP contribution in [-0.4, -0.2) is 46.8 Å². The molecule has 0 radical (unpaired) electrons. The molecular weight excluding hydrogens is 182 g/mol. The lowest BCUT2D eigenvalue weighted by Gasteiger charge is -2.24. The smallest absolute Gasteiger partial charge is 0.321 e. The van der Waals surface area contributed by atoms with Crippen LogP contribution in [0.15, 0.2) is 0 Å². The van der Waals surface area contributed by atoms with Crippen molar-refractivity contribution in [3.05, 3.63) is 0 Å². The Labute approximate surface area is 84.5 Å². The second-order valence-corrected chi connectivity index (χ2v) is 4.24. The summed E-state index contributed by atoms with van der Waals surface area (Å²) in [5.74, 6) is -0.410. The van der Waals surface area contributed by atoms with Gasteiger partial charge in [-0.15, -0.1) is 0 Å². The van der Waals surface area contributed by atoms with Crippen LogP contribution in [0.5, 0.6) is 0 Å². The summed E-state index contributed by atoms with van der Waals surface area (Å²) in [6.45, 7) is 2.37. The first-order valence-electron chi connectivity index (χ1n) is 5.13. The molecule has 0 aromatic heterocycles. The fourth-order valence-corrected chi connectivity index (χ4v) is 1.69. The largest absolute Gasteiger partial charge is 0.480 e. The number of likely N-dealkylation sites (N-methyl/N-ethyl adjacent to an activating group) is 1. The van der Waals surface area contributed by atoms with Gasteiger partial charge in [-0.05, 0) is 39.2 Å². The Bertz CT molecular complexity index is 202. The number of nitrogens with zero attached hydrogens (tertiary/aromatic N) is 1. The summed E-state index contributed by atoms with van der Waals surface area (Å²) in [5.41, 5.74) is 0. The normalized spacial score (nSPS) is 20.9. The Morgan fingerprint density at radius 2 is 2.14 bits per heavy atom. The van der Waals surface area contributed by atoms with Gasteiger partial charge in [0, 0.05) is 6.54 Å². The monoisotopic (exact) mass is 201 g/mol. The van der Waals surface area contributed by atoms with E-state index in [9.17, 15) is 4.79 Å². The van der Waals surface area contributed by atoms with Crippen LogP contribution < -0.4 is 0 Å². The van der Waals surface area contributed by atoms with Crippen LogP contribution in [0.1, 0.15) is 26.2 Å². The quantitative estimate of drug-likeness (QED) is 0.659. The van der Waals surface area contributed by atoms with E-state index < -0.39 is 5.97 Å². The molecule has 0 bridgehead atoms. The summed E-state index contributed by atoms with van der Waals surface area (Å²) in [6, 6.07) is -0.353. The van der Waals surface area contributed by atoms with E-state index in [0.717, 1.165) is 12.8 Å². The lowest BCUT2D eigenvalue weighted by atomic mass is 10.1. The topological polar surface area (TPSA) is 60.8 Å². The molecule has 82 valence electrons. The first-order chi connectivity index (χ1) is 6.52. The molecular formula is C10H19NO3. The van der Waals surface area contributed by atoms with E-state index in [1.165, 1.54) is 0 Å². The van der Waals surface area contributed by atoms with Gasteiger partial charge in [-0.2, -0.15) is 0 Å². The van der Waals surface area contributed by atoms with Crippen LogP contribution in [0.3, 0.4) is 0 Å². The molecule has 0 aromatic carbocycles. The van der Waals surface area contributed by atoms with Crippen molar-refractivity contribution in [2.75, 3.05) is 13.6 Å². The fraction of sp³-hybridized carbons (Fsp3) is 0.900. The molecule has 1 fully saturated rings. The molecule has 2 unspecified atom stereocenters. The number of aliphatic hydroxyl groups is 1. The van der Waals surface area contributed by atoms with Gasteiger partial charge in [0.15, 0.2) is 0 Å². The molecule has 0 aromatic rings. The zero-order valence-electron chi connectivity index (χ0n) is 8.81. The second-order valence-electron chi connectivity index (χ2n) is 4.24. The van der Waals surface area contributed by atoms with Gasteiger partial charge >= 0.3 is 5.97 Å². The van der Waals surface area contributed by atoms with Crippen molar-refractivity contribution in [2.45, 2.75) is 38.3 Å². The molecule has 14 heavy (non-hydrogen) atoms. The van der Waals surface area contributed by atoms with Gasteiger partial charge in [0.05, 0.1) is 6.10 Å². The van der Waals surface area contributed by atoms with E-state index in [4.69, 9.17) is 10.2 Å². The number of aliphatic hydroxyl groups excluding tert-OH is 1. The highest BCUT2D eigenvalue weighted by atomic mass is 16.4. The Morgan fingerprint density at radius 1 is 1.57 bits per heavy atom. The first-order valence-corrected chi connectivity index (χ1v) is 5.13. The van der Waals surface area contributed by atoms with Gasteiger partial charge in [0.1, 0.15) is 6.04 Å². The summed E-state index contributed by atoms with van der Waals surface area (Å²) in [4.78, 5) is 12.8. The van der Waals surface area contributed by atoms with Crippen molar-refractivity contribution in [3.63, 3.8) is 0 Å². The summed E-state index contributed by atoms with van der Waals surface area (Å²) >= 11 is 0. The summed E-state index contributed by atoms with van der Waals surface area (Å²) < 4.78 is 0. The maximum atomic E-state index is 11.0. The Morgan fingerprint density at radius 3 is 2.50 bits per heavy atom. The van der Waals surface area contributed by atoms with Crippen molar-refractivity contribution in [3.8, 4) is 0 Å². The van der Waals surface area contributed by atoms with Crippen LogP contribution >= 0.6 is 0 Å². The zero-order valence-corrected chi connectivity index (χ0v) is 8.81. The average Bonchev–Trinajstić information content (AvgIpc) is 2.84. The number of hydrogen-bond donors (Lipinski definition) is 2. The van der Waals surface area contributed by atoms with Crippen LogP contribution in [-0.2, 0) is 4.79 Å². The van der Waals surface area contributed by atoms with Crippen molar-refractivity contribution >= 4 is 5.97 Å². The van der Waals surface area contributed by atoms with Crippen molar-refractivity contribution in [1.29, 1.82) is 0 Å². The molecule has 2 atom stereocenters. The molecule has 0 saturated heterocycles. The Balaban J connectivity index is 2.38. The molecule has 1 saturated carbocycles. The van der Waals surface area contributed by atoms with Gasteiger partial charge in [-0.3, -0.25) is 9.69 Å². The van der Waals surface area contributed by atoms with Crippen molar-refractivity contribution in [2.24, 2.45) is 5.92 Å². The fourth-order valence-electron chi connectivity index (χ4n) is 1.69. The minimum absolute atomic E-state index is 0.325. The maximum absolute atomic E-state index is 11.0. The van der Waals surface area contributed by atoms with Crippen molar-refractivity contribution < 1.29 is 15.0 Å². The van der Waals surface area contributed by atoms with E-state index in [1.54, 1.807) is 6.92 Å². The first kappa shape index (κ1) is 11.5. The molecule has 0 amide bonds. The third-order valence-electron chi connectivity index (χ3n) is 2.70. The van der Waals surface area contributed by atoms with Gasteiger partial charge in [0.2, 0.25) is 0 Å². The molecule has 2 N–H and O–H groups in total. The molecule has 4 heteroatoms. The second kappa shape index (κ2) is 4.75.